The minimum absolute atomic E-state index is 0.0885. The molecule has 0 saturated carbocycles. The van der Waals surface area contributed by atoms with Gasteiger partial charge in [-0.1, -0.05) is 30.3 Å². The number of H-pyrrole nitrogens is 1. The van der Waals surface area contributed by atoms with E-state index in [4.69, 9.17) is 14.6 Å². The summed E-state index contributed by atoms with van der Waals surface area (Å²) in [5.74, 6) is -0.150. The number of aromatic amines is 1. The van der Waals surface area contributed by atoms with Crippen LogP contribution in [0.4, 0.5) is 5.69 Å². The molecule has 3 N–H and O–H groups in total. The van der Waals surface area contributed by atoms with Crippen molar-refractivity contribution in [2.75, 3.05) is 19.0 Å². The molecule has 0 spiro atoms. The number of benzene rings is 2. The standard InChI is InChI=1S/C27H26N4O5/c1-35-25-17-20(36-16-14-19-6-3-2-5-18(19)9-12-26(32)33)10-11-23(25)30-27(34)24-8-4-7-21(29-24)22-13-15-28-31-22/h2-8,10-11,13,15,17H,9,12,14,16H2,1H3,(H,28,31)(H,30,34)(H,32,33). The molecule has 4 rings (SSSR count). The van der Waals surface area contributed by atoms with Crippen molar-refractivity contribution in [3.05, 3.63) is 89.7 Å². The maximum atomic E-state index is 12.8. The minimum atomic E-state index is -0.818. The lowest BCUT2D eigenvalue weighted by Crippen LogP contribution is -2.14. The van der Waals surface area contributed by atoms with Crippen LogP contribution in [-0.2, 0) is 17.6 Å². The number of aliphatic carboxylic acids is 1. The predicted molar refractivity (Wildman–Crippen MR) is 134 cm³/mol. The van der Waals surface area contributed by atoms with E-state index in [1.54, 1.807) is 48.7 Å². The third kappa shape index (κ3) is 6.26. The summed E-state index contributed by atoms with van der Waals surface area (Å²) in [5.41, 5.74) is 4.13. The number of hydrogen-bond donors (Lipinski definition) is 3. The average Bonchev–Trinajstić information content (AvgIpc) is 3.44. The highest BCUT2D eigenvalue weighted by molar-refractivity contribution is 6.04. The number of carboxylic acid groups (broad SMARTS) is 1. The van der Waals surface area contributed by atoms with Crippen molar-refractivity contribution in [2.24, 2.45) is 0 Å². The fraction of sp³-hybridized carbons (Fsp3) is 0.185. The third-order valence-corrected chi connectivity index (χ3v) is 5.55. The van der Waals surface area contributed by atoms with Crippen LogP contribution in [0.25, 0.3) is 11.4 Å². The summed E-state index contributed by atoms with van der Waals surface area (Å²) in [5, 5.41) is 18.5. The van der Waals surface area contributed by atoms with Crippen LogP contribution >= 0.6 is 0 Å². The highest BCUT2D eigenvalue weighted by Crippen LogP contribution is 2.30. The first kappa shape index (κ1) is 24.5. The molecule has 0 bridgehead atoms. The summed E-state index contributed by atoms with van der Waals surface area (Å²) in [6.45, 7) is 0.406. The second-order valence-electron chi connectivity index (χ2n) is 7.96. The number of hydrogen-bond acceptors (Lipinski definition) is 6. The molecule has 1 amide bonds. The predicted octanol–water partition coefficient (Wildman–Crippen LogP) is 4.37. The SMILES string of the molecule is COc1cc(OCCc2ccccc2CCC(=O)O)ccc1NC(=O)c1cccc(-c2ccn[nH]2)n1. The summed E-state index contributed by atoms with van der Waals surface area (Å²) in [7, 11) is 1.52. The smallest absolute Gasteiger partial charge is 0.303 e. The van der Waals surface area contributed by atoms with Gasteiger partial charge in [0.15, 0.2) is 0 Å². The van der Waals surface area contributed by atoms with Crippen LogP contribution in [0, 0.1) is 0 Å². The number of carbonyl (C=O) groups is 2. The number of pyridine rings is 1. The maximum absolute atomic E-state index is 12.8. The number of aromatic nitrogens is 3. The van der Waals surface area contributed by atoms with Gasteiger partial charge in [0.1, 0.15) is 17.2 Å². The summed E-state index contributed by atoms with van der Waals surface area (Å²) >= 11 is 0. The second-order valence-corrected chi connectivity index (χ2v) is 7.96. The fourth-order valence-corrected chi connectivity index (χ4v) is 3.73. The maximum Gasteiger partial charge on any atom is 0.303 e. The van der Waals surface area contributed by atoms with Gasteiger partial charge in [0, 0.05) is 25.1 Å². The summed E-state index contributed by atoms with van der Waals surface area (Å²) in [6, 6.07) is 19.9. The van der Waals surface area contributed by atoms with Gasteiger partial charge in [0.2, 0.25) is 0 Å². The number of carbonyl (C=O) groups excluding carboxylic acids is 1. The largest absolute Gasteiger partial charge is 0.494 e. The molecule has 0 aliphatic carbocycles. The quantitative estimate of drug-likeness (QED) is 0.287. The Balaban J connectivity index is 1.39. The van der Waals surface area contributed by atoms with Gasteiger partial charge >= 0.3 is 5.97 Å². The summed E-state index contributed by atoms with van der Waals surface area (Å²) in [6.07, 6.45) is 2.82. The molecule has 0 saturated heterocycles. The van der Waals surface area contributed by atoms with E-state index >= 15 is 0 Å². The van der Waals surface area contributed by atoms with Gasteiger partial charge in [0.25, 0.3) is 5.91 Å². The van der Waals surface area contributed by atoms with E-state index in [9.17, 15) is 9.59 Å². The first-order valence-corrected chi connectivity index (χ1v) is 11.4. The van der Waals surface area contributed by atoms with Gasteiger partial charge in [-0.3, -0.25) is 14.7 Å². The van der Waals surface area contributed by atoms with Crippen LogP contribution in [-0.4, -0.2) is 45.9 Å². The van der Waals surface area contributed by atoms with E-state index in [-0.39, 0.29) is 18.0 Å². The molecular formula is C27H26N4O5. The van der Waals surface area contributed by atoms with Crippen molar-refractivity contribution < 1.29 is 24.2 Å². The zero-order valence-corrected chi connectivity index (χ0v) is 19.7. The van der Waals surface area contributed by atoms with Gasteiger partial charge in [-0.2, -0.15) is 5.10 Å². The van der Waals surface area contributed by atoms with Gasteiger partial charge in [-0.15, -0.1) is 0 Å². The monoisotopic (exact) mass is 486 g/mol. The molecule has 184 valence electrons. The van der Waals surface area contributed by atoms with Gasteiger partial charge in [-0.25, -0.2) is 4.98 Å². The molecule has 0 unspecified atom stereocenters. The Morgan fingerprint density at radius 1 is 1.00 bits per heavy atom. The number of carboxylic acids is 1. The number of rotatable bonds is 11. The summed E-state index contributed by atoms with van der Waals surface area (Å²) in [4.78, 5) is 28.1. The summed E-state index contributed by atoms with van der Waals surface area (Å²) < 4.78 is 11.4. The zero-order valence-electron chi connectivity index (χ0n) is 19.7. The number of methoxy groups -OCH3 is 1. The fourth-order valence-electron chi connectivity index (χ4n) is 3.73. The van der Waals surface area contributed by atoms with E-state index in [2.05, 4.69) is 20.5 Å². The average molecular weight is 487 g/mol. The Morgan fingerprint density at radius 3 is 2.53 bits per heavy atom. The second kappa shape index (κ2) is 11.7. The topological polar surface area (TPSA) is 126 Å². The highest BCUT2D eigenvalue weighted by Gasteiger charge is 2.14. The van der Waals surface area contributed by atoms with E-state index in [1.807, 2.05) is 24.3 Å². The Hall–Kier alpha value is -4.66. The third-order valence-electron chi connectivity index (χ3n) is 5.55. The molecule has 0 atom stereocenters. The molecule has 0 radical (unpaired) electrons. The molecule has 4 aromatic rings. The Kier molecular flexibility index (Phi) is 7.92. The van der Waals surface area contributed by atoms with E-state index in [0.717, 1.165) is 11.1 Å². The lowest BCUT2D eigenvalue weighted by molar-refractivity contribution is -0.136. The van der Waals surface area contributed by atoms with Crippen molar-refractivity contribution >= 4 is 17.6 Å². The van der Waals surface area contributed by atoms with Gasteiger partial charge < -0.3 is 19.9 Å². The number of nitrogens with zero attached hydrogens (tertiary/aromatic N) is 2. The van der Waals surface area contributed by atoms with Gasteiger partial charge in [-0.05, 0) is 47.9 Å². The highest BCUT2D eigenvalue weighted by atomic mass is 16.5. The Labute approximate surface area is 208 Å². The van der Waals surface area contributed by atoms with Crippen LogP contribution in [0.15, 0.2) is 72.9 Å². The van der Waals surface area contributed by atoms with E-state index < -0.39 is 5.97 Å². The van der Waals surface area contributed by atoms with E-state index in [0.29, 0.717) is 48.0 Å². The first-order valence-electron chi connectivity index (χ1n) is 11.4. The molecule has 2 heterocycles. The molecule has 9 heteroatoms. The number of nitrogens with one attached hydrogen (secondary N) is 2. The molecule has 0 aliphatic heterocycles. The number of ether oxygens (including phenoxy) is 2. The van der Waals surface area contributed by atoms with Crippen molar-refractivity contribution in [3.8, 4) is 22.9 Å². The molecule has 0 aliphatic rings. The van der Waals surface area contributed by atoms with Crippen molar-refractivity contribution in [3.63, 3.8) is 0 Å². The normalized spacial score (nSPS) is 10.6. The van der Waals surface area contributed by atoms with E-state index in [1.165, 1.54) is 7.11 Å². The Morgan fingerprint density at radius 2 is 1.81 bits per heavy atom. The molecule has 9 nitrogen and oxygen atoms in total. The van der Waals surface area contributed by atoms with Crippen LogP contribution in [0.5, 0.6) is 11.5 Å². The van der Waals surface area contributed by atoms with Crippen LogP contribution in [0.3, 0.4) is 0 Å². The molecule has 2 aromatic carbocycles. The number of aryl methyl sites for hydroxylation is 1. The number of anilines is 1. The van der Waals surface area contributed by atoms with Gasteiger partial charge in [0.05, 0.1) is 30.8 Å². The van der Waals surface area contributed by atoms with Crippen molar-refractivity contribution in [1.82, 2.24) is 15.2 Å². The molecule has 0 fully saturated rings. The molecule has 2 aromatic heterocycles. The van der Waals surface area contributed by atoms with Crippen molar-refractivity contribution in [1.29, 1.82) is 0 Å². The minimum Gasteiger partial charge on any atom is -0.494 e. The zero-order chi connectivity index (χ0) is 25.3. The molecular weight excluding hydrogens is 460 g/mol. The van der Waals surface area contributed by atoms with Crippen LogP contribution in [0.2, 0.25) is 0 Å². The van der Waals surface area contributed by atoms with Crippen LogP contribution < -0.4 is 14.8 Å². The first-order chi connectivity index (χ1) is 17.5. The Bertz CT molecular complexity index is 1340. The lowest BCUT2D eigenvalue weighted by Gasteiger charge is -2.14. The molecule has 36 heavy (non-hydrogen) atoms. The number of amides is 1. The van der Waals surface area contributed by atoms with Crippen molar-refractivity contribution in [2.45, 2.75) is 19.3 Å². The lowest BCUT2D eigenvalue weighted by atomic mass is 10.0. The van der Waals surface area contributed by atoms with Crippen LogP contribution in [0.1, 0.15) is 28.0 Å².